The molecule has 0 saturated carbocycles. The number of carbonyl (C=O) groups excluding carboxylic acids is 1. The lowest BCUT2D eigenvalue weighted by Crippen LogP contribution is -2.08. The lowest BCUT2D eigenvalue weighted by molar-refractivity contribution is -0.111. The third-order valence-corrected chi connectivity index (χ3v) is 4.06. The molecular weight excluding hydrogens is 359 g/mol. The van der Waals surface area contributed by atoms with Gasteiger partial charge in [-0.05, 0) is 48.5 Å². The first kappa shape index (κ1) is 17.1. The van der Waals surface area contributed by atoms with Crippen LogP contribution in [0.15, 0.2) is 65.1 Å². The van der Waals surface area contributed by atoms with Gasteiger partial charge in [-0.25, -0.2) is 0 Å². The smallest absolute Gasteiger partial charge is 0.248 e. The number of hydrogen-bond acceptors (Lipinski definition) is 3. The summed E-state index contributed by atoms with van der Waals surface area (Å²) in [6.07, 6.45) is 2.93. The fourth-order valence-electron chi connectivity index (χ4n) is 2.21. The van der Waals surface area contributed by atoms with Gasteiger partial charge in [-0.3, -0.25) is 4.79 Å². The SMILES string of the molecule is Nc1ccc(NC(=O)/C=C/c2ccc(-c3ccccc3Cl)o2)c(Cl)c1. The minimum absolute atomic E-state index is 0.331. The Hall–Kier alpha value is -2.69. The maximum Gasteiger partial charge on any atom is 0.248 e. The van der Waals surface area contributed by atoms with Gasteiger partial charge >= 0.3 is 0 Å². The van der Waals surface area contributed by atoms with Crippen LogP contribution in [0.4, 0.5) is 11.4 Å². The number of amides is 1. The van der Waals surface area contributed by atoms with Crippen molar-refractivity contribution in [2.24, 2.45) is 0 Å². The van der Waals surface area contributed by atoms with Gasteiger partial charge < -0.3 is 15.5 Å². The van der Waals surface area contributed by atoms with Crippen LogP contribution in [0.25, 0.3) is 17.4 Å². The molecule has 1 amide bonds. The summed E-state index contributed by atoms with van der Waals surface area (Å²) >= 11 is 12.2. The van der Waals surface area contributed by atoms with E-state index >= 15 is 0 Å². The van der Waals surface area contributed by atoms with Gasteiger partial charge in [0.15, 0.2) is 0 Å². The first-order valence-corrected chi connectivity index (χ1v) is 8.17. The van der Waals surface area contributed by atoms with Crippen LogP contribution in [0.5, 0.6) is 0 Å². The third kappa shape index (κ3) is 4.24. The summed E-state index contributed by atoms with van der Waals surface area (Å²) < 4.78 is 5.70. The van der Waals surface area contributed by atoms with Crippen molar-refractivity contribution in [1.82, 2.24) is 0 Å². The van der Waals surface area contributed by atoms with Crippen LogP contribution >= 0.6 is 23.2 Å². The molecule has 0 spiro atoms. The zero-order valence-electron chi connectivity index (χ0n) is 13.0. The fourth-order valence-corrected chi connectivity index (χ4v) is 2.68. The second kappa shape index (κ2) is 7.47. The van der Waals surface area contributed by atoms with Gasteiger partial charge in [0, 0.05) is 17.3 Å². The maximum absolute atomic E-state index is 12.0. The van der Waals surface area contributed by atoms with Gasteiger partial charge in [-0.1, -0.05) is 35.3 Å². The second-order valence-electron chi connectivity index (χ2n) is 5.24. The highest BCUT2D eigenvalue weighted by atomic mass is 35.5. The van der Waals surface area contributed by atoms with E-state index in [2.05, 4.69) is 5.32 Å². The second-order valence-corrected chi connectivity index (χ2v) is 6.06. The van der Waals surface area contributed by atoms with Gasteiger partial charge in [0.2, 0.25) is 5.91 Å². The Morgan fingerprint density at radius 3 is 2.60 bits per heavy atom. The van der Waals surface area contributed by atoms with E-state index in [1.165, 1.54) is 6.08 Å². The average Bonchev–Trinajstić information content (AvgIpc) is 3.05. The number of carbonyl (C=O) groups is 1. The summed E-state index contributed by atoms with van der Waals surface area (Å²) in [6, 6.07) is 15.8. The summed E-state index contributed by atoms with van der Waals surface area (Å²) in [5, 5.41) is 3.66. The highest BCUT2D eigenvalue weighted by Crippen LogP contribution is 2.29. The van der Waals surface area contributed by atoms with E-state index in [-0.39, 0.29) is 5.91 Å². The van der Waals surface area contributed by atoms with Crippen LogP contribution in [0, 0.1) is 0 Å². The molecule has 0 radical (unpaired) electrons. The van der Waals surface area contributed by atoms with Crippen LogP contribution < -0.4 is 11.1 Å². The van der Waals surface area contributed by atoms with Crippen molar-refractivity contribution >= 4 is 46.6 Å². The largest absolute Gasteiger partial charge is 0.457 e. The molecule has 0 aliphatic carbocycles. The monoisotopic (exact) mass is 372 g/mol. The van der Waals surface area contributed by atoms with E-state index in [0.717, 1.165) is 5.56 Å². The van der Waals surface area contributed by atoms with E-state index in [1.54, 1.807) is 42.5 Å². The summed E-state index contributed by atoms with van der Waals surface area (Å²) in [6.45, 7) is 0. The zero-order valence-corrected chi connectivity index (χ0v) is 14.5. The molecule has 0 aliphatic rings. The Morgan fingerprint density at radius 2 is 1.84 bits per heavy atom. The van der Waals surface area contributed by atoms with Crippen LogP contribution in [0.1, 0.15) is 5.76 Å². The third-order valence-electron chi connectivity index (χ3n) is 3.42. The van der Waals surface area contributed by atoms with Gasteiger partial charge in [0.25, 0.3) is 0 Å². The van der Waals surface area contributed by atoms with Crippen molar-refractivity contribution < 1.29 is 9.21 Å². The number of hydrogen-bond donors (Lipinski definition) is 2. The van der Waals surface area contributed by atoms with Crippen molar-refractivity contribution in [2.45, 2.75) is 0 Å². The molecule has 4 nitrogen and oxygen atoms in total. The van der Waals surface area contributed by atoms with Crippen LogP contribution in [-0.2, 0) is 4.79 Å². The molecule has 0 unspecified atom stereocenters. The standard InChI is InChI=1S/C19H14Cl2N2O2/c20-15-4-2-1-3-14(15)18-9-6-13(25-18)7-10-19(24)23-17-8-5-12(22)11-16(17)21/h1-11H,22H2,(H,23,24)/b10-7+. The topological polar surface area (TPSA) is 68.3 Å². The highest BCUT2D eigenvalue weighted by Gasteiger charge is 2.07. The lowest BCUT2D eigenvalue weighted by atomic mass is 10.2. The molecule has 1 heterocycles. The van der Waals surface area contributed by atoms with Crippen molar-refractivity contribution in [3.63, 3.8) is 0 Å². The molecule has 6 heteroatoms. The minimum Gasteiger partial charge on any atom is -0.457 e. The Morgan fingerprint density at radius 1 is 1.04 bits per heavy atom. The number of rotatable bonds is 4. The Kier molecular flexibility index (Phi) is 5.12. The molecule has 126 valence electrons. The van der Waals surface area contributed by atoms with Gasteiger partial charge in [-0.2, -0.15) is 0 Å². The molecular formula is C19H14Cl2N2O2. The number of nitrogen functional groups attached to an aromatic ring is 1. The van der Waals surface area contributed by atoms with E-state index in [0.29, 0.717) is 32.9 Å². The first-order chi connectivity index (χ1) is 12.0. The lowest BCUT2D eigenvalue weighted by Gasteiger charge is -2.05. The molecule has 0 atom stereocenters. The molecule has 0 saturated heterocycles. The van der Waals surface area contributed by atoms with Crippen molar-refractivity contribution in [2.75, 3.05) is 11.1 Å². The number of halogens is 2. The molecule has 0 fully saturated rings. The molecule has 2 aromatic carbocycles. The molecule has 3 aromatic rings. The zero-order chi connectivity index (χ0) is 17.8. The fraction of sp³-hybridized carbons (Fsp3) is 0. The van der Waals surface area contributed by atoms with Gasteiger partial charge in [-0.15, -0.1) is 0 Å². The number of benzene rings is 2. The summed E-state index contributed by atoms with van der Waals surface area (Å²) in [5.41, 5.74) is 7.43. The summed E-state index contributed by atoms with van der Waals surface area (Å²) in [5.74, 6) is 0.836. The van der Waals surface area contributed by atoms with Gasteiger partial charge in [0.1, 0.15) is 11.5 Å². The predicted molar refractivity (Wildman–Crippen MR) is 103 cm³/mol. The van der Waals surface area contributed by atoms with Crippen molar-refractivity contribution in [3.8, 4) is 11.3 Å². The molecule has 0 aliphatic heterocycles. The van der Waals surface area contributed by atoms with E-state index in [9.17, 15) is 4.79 Å². The van der Waals surface area contributed by atoms with E-state index in [1.807, 2.05) is 18.2 Å². The Balaban J connectivity index is 1.70. The average molecular weight is 373 g/mol. The van der Waals surface area contributed by atoms with Gasteiger partial charge in [0.05, 0.1) is 15.7 Å². The van der Waals surface area contributed by atoms with E-state index in [4.69, 9.17) is 33.4 Å². The molecule has 25 heavy (non-hydrogen) atoms. The number of nitrogens with two attached hydrogens (primary N) is 1. The first-order valence-electron chi connectivity index (χ1n) is 7.42. The normalized spacial score (nSPS) is 11.0. The molecule has 1 aromatic heterocycles. The maximum atomic E-state index is 12.0. The summed E-state index contributed by atoms with van der Waals surface area (Å²) in [4.78, 5) is 12.0. The number of nitrogens with one attached hydrogen (secondary N) is 1. The molecule has 3 rings (SSSR count). The molecule has 3 N–H and O–H groups in total. The highest BCUT2D eigenvalue weighted by molar-refractivity contribution is 6.34. The van der Waals surface area contributed by atoms with Crippen LogP contribution in [0.3, 0.4) is 0 Å². The minimum atomic E-state index is -0.331. The summed E-state index contributed by atoms with van der Waals surface area (Å²) in [7, 11) is 0. The Bertz CT molecular complexity index is 948. The quantitative estimate of drug-likeness (QED) is 0.470. The van der Waals surface area contributed by atoms with Crippen LogP contribution in [0.2, 0.25) is 10.0 Å². The predicted octanol–water partition coefficient (Wildman–Crippen LogP) is 5.49. The van der Waals surface area contributed by atoms with Crippen LogP contribution in [-0.4, -0.2) is 5.91 Å². The molecule has 0 bridgehead atoms. The van der Waals surface area contributed by atoms with Crippen molar-refractivity contribution in [1.29, 1.82) is 0 Å². The van der Waals surface area contributed by atoms with Crippen molar-refractivity contribution in [3.05, 3.63) is 76.5 Å². The van der Waals surface area contributed by atoms with E-state index < -0.39 is 0 Å². The Labute approximate surface area is 154 Å². The number of furan rings is 1. The number of anilines is 2.